The van der Waals surface area contributed by atoms with Crippen LogP contribution in [-0.4, -0.2) is 156 Å². The topological polar surface area (TPSA) is 226 Å². The summed E-state index contributed by atoms with van der Waals surface area (Å²) in [6, 6.07) is 4.62. The molecule has 3 heterocycles. The lowest BCUT2D eigenvalue weighted by Crippen LogP contribution is -2.60. The summed E-state index contributed by atoms with van der Waals surface area (Å²) in [6.07, 6.45) is -4.18. The van der Waals surface area contributed by atoms with Crippen molar-refractivity contribution in [3.8, 4) is 0 Å². The summed E-state index contributed by atoms with van der Waals surface area (Å²) in [5, 5.41) is 43.1. The van der Waals surface area contributed by atoms with Gasteiger partial charge in [0.2, 0.25) is 0 Å². The van der Waals surface area contributed by atoms with Crippen molar-refractivity contribution in [1.82, 2.24) is 19.9 Å². The number of hydrogen-bond donors (Lipinski definition) is 3. The fraction of sp³-hybridized carbons (Fsp3) is 0.750. The van der Waals surface area contributed by atoms with Crippen LogP contribution in [0.4, 0.5) is 4.39 Å². The van der Waals surface area contributed by atoms with Crippen LogP contribution in [-0.2, 0) is 54.3 Å². The lowest BCUT2D eigenvalue weighted by molar-refractivity contribution is -0.296. The number of cyclic esters (lactones) is 1. The summed E-state index contributed by atoms with van der Waals surface area (Å²) in [5.41, 5.74) is -2.29. The summed E-state index contributed by atoms with van der Waals surface area (Å²) in [4.78, 5) is 43.6. The molecule has 19 heteroatoms. The van der Waals surface area contributed by atoms with Gasteiger partial charge in [-0.2, -0.15) is 0 Å². The molecule has 17 nitrogen and oxygen atoms in total. The zero-order valence-electron chi connectivity index (χ0n) is 38.6. The van der Waals surface area contributed by atoms with Crippen LogP contribution in [0.5, 0.6) is 0 Å². The highest BCUT2D eigenvalue weighted by Gasteiger charge is 2.52. The van der Waals surface area contributed by atoms with Crippen molar-refractivity contribution >= 4 is 27.4 Å². The molecule has 3 N–H and O–H groups in total. The van der Waals surface area contributed by atoms with Crippen molar-refractivity contribution in [3.63, 3.8) is 0 Å². The molecule has 63 heavy (non-hydrogen) atoms. The van der Waals surface area contributed by atoms with Crippen molar-refractivity contribution in [2.24, 2.45) is 23.7 Å². The first-order valence-corrected chi connectivity index (χ1v) is 23.5. The van der Waals surface area contributed by atoms with Crippen LogP contribution in [0.15, 0.2) is 35.4 Å². The van der Waals surface area contributed by atoms with Gasteiger partial charge in [-0.25, -0.2) is 17.5 Å². The zero-order valence-corrected chi connectivity index (χ0v) is 39.5. The second kappa shape index (κ2) is 21.4. The molecule has 0 saturated carbocycles. The van der Waals surface area contributed by atoms with Gasteiger partial charge in [-0.3, -0.25) is 14.4 Å². The van der Waals surface area contributed by atoms with E-state index in [9.17, 15) is 42.5 Å². The maximum Gasteiger partial charge on any atom is 0.316 e. The number of carbonyl (C=O) groups excluding carboxylic acids is 3. The Morgan fingerprint density at radius 3 is 2.22 bits per heavy atom. The number of Topliss-reactive ketones (excluding diaryl/α,β-unsaturated/α-hetero) is 2. The number of aliphatic hydroxyl groups is 3. The predicted octanol–water partition coefficient (Wildman–Crippen LogP) is 3.23. The summed E-state index contributed by atoms with van der Waals surface area (Å²) in [5.74, 6) is -6.10. The lowest BCUT2D eigenvalue weighted by atomic mass is 9.74. The predicted molar refractivity (Wildman–Crippen MR) is 228 cm³/mol. The van der Waals surface area contributed by atoms with E-state index in [1.54, 1.807) is 46.0 Å². The van der Waals surface area contributed by atoms with E-state index in [1.807, 2.05) is 18.9 Å². The molecule has 356 valence electrons. The van der Waals surface area contributed by atoms with E-state index >= 15 is 0 Å². The summed E-state index contributed by atoms with van der Waals surface area (Å²) >= 11 is 0. The summed E-state index contributed by atoms with van der Waals surface area (Å²) < 4.78 is 70.1. The number of esters is 1. The Hall–Kier alpha value is -3.27. The number of nitrogens with zero attached hydrogens (tertiary/aromatic N) is 4. The Morgan fingerprint density at radius 1 is 1.03 bits per heavy atom. The zero-order chi connectivity index (χ0) is 47.4. The standard InChI is InChI=1S/C44H69FN4O13S/c1-13-34-44(8,55)39(53)26(4)35(50)24(2)21-43(7,59-11)40(27(5)36(51)28(6)41(54)61-34)62-42-37(52)32(20-25(3)60-42)48(9)19-18-30-23-49(47-46-30)33(22-45)38(58-10)29-14-16-31(17-15-29)63(12,56)57/h14-17,23-28,32-34,37-40,42,52-53,55H,13,18-22H2,1-12H3/t24-,25-,26+,27+,28-,32+,33-,34-,37-,38-,39-,40-,42+,43-,44-/m1/s1. The van der Waals surface area contributed by atoms with E-state index in [-0.39, 0.29) is 23.5 Å². The molecule has 0 unspecified atom stereocenters. The number of likely N-dealkylation sites (N-methyl/N-ethyl adjacent to an activating group) is 1. The molecule has 2 saturated heterocycles. The third-order valence-electron chi connectivity index (χ3n) is 13.2. The van der Waals surface area contributed by atoms with Crippen molar-refractivity contribution < 1.29 is 66.2 Å². The maximum absolute atomic E-state index is 14.6. The molecule has 15 atom stereocenters. The van der Waals surface area contributed by atoms with Gasteiger partial charge in [0.05, 0.1) is 34.5 Å². The minimum Gasteiger partial charge on any atom is -0.459 e. The molecule has 2 fully saturated rings. The number of aromatic nitrogens is 3. The SMILES string of the molecule is CC[C@H]1OC(=O)[C@H](C)C(=O)[C@H](C)[C@@H](O[C@@H]2O[C@H](C)C[C@H](N(C)CCc3cn([C@H](CF)[C@H](OC)c4ccc(S(C)(=O)=O)cc4)nn3)[C@H]2O)[C@](C)(OC)C[C@@H](C)C(=O)[C@H](C)[C@@H](O)[C@]1(C)O. The Bertz CT molecular complexity index is 1970. The van der Waals surface area contributed by atoms with E-state index in [0.717, 1.165) is 6.26 Å². The Balaban J connectivity index is 1.56. The number of rotatable bonds is 14. The normalized spacial score (nSPS) is 35.3. The minimum atomic E-state index is -3.43. The summed E-state index contributed by atoms with van der Waals surface area (Å²) in [6.45, 7) is 12.1. The molecule has 0 spiro atoms. The largest absolute Gasteiger partial charge is 0.459 e. The number of ketones is 2. The van der Waals surface area contributed by atoms with Crippen LogP contribution in [0.3, 0.4) is 0 Å². The van der Waals surface area contributed by atoms with E-state index in [0.29, 0.717) is 30.6 Å². The van der Waals surface area contributed by atoms with Crippen molar-refractivity contribution in [2.75, 3.05) is 40.7 Å². The number of hydrogen-bond acceptors (Lipinski definition) is 16. The van der Waals surface area contributed by atoms with Crippen LogP contribution in [0, 0.1) is 23.7 Å². The fourth-order valence-electron chi connectivity index (χ4n) is 9.11. The monoisotopic (exact) mass is 912 g/mol. The molecule has 0 bridgehead atoms. The van der Waals surface area contributed by atoms with Gasteiger partial charge in [-0.05, 0) is 71.7 Å². The second-order valence-electron chi connectivity index (χ2n) is 18.0. The molecule has 0 radical (unpaired) electrons. The van der Waals surface area contributed by atoms with E-state index in [2.05, 4.69) is 10.3 Å². The lowest BCUT2D eigenvalue weighted by Gasteiger charge is -2.47. The number of carbonyl (C=O) groups is 3. The maximum atomic E-state index is 14.6. The third kappa shape index (κ3) is 11.8. The van der Waals surface area contributed by atoms with Crippen molar-refractivity contribution in [3.05, 3.63) is 41.7 Å². The number of sulfone groups is 1. The quantitative estimate of drug-likeness (QED) is 0.183. The first-order chi connectivity index (χ1) is 29.4. The van der Waals surface area contributed by atoms with Crippen LogP contribution in [0.1, 0.15) is 98.1 Å². The number of halogens is 1. The number of benzene rings is 1. The molecular formula is C44H69FN4O13S. The molecule has 2 aliphatic heterocycles. The first kappa shape index (κ1) is 52.4. The Labute approximate surface area is 370 Å². The van der Waals surface area contributed by atoms with Crippen LogP contribution in [0.2, 0.25) is 0 Å². The van der Waals surface area contributed by atoms with Gasteiger partial charge in [-0.1, -0.05) is 45.0 Å². The average Bonchev–Trinajstić information content (AvgIpc) is 3.72. The molecule has 2 aromatic rings. The highest BCUT2D eigenvalue weighted by atomic mass is 32.2. The van der Waals surface area contributed by atoms with Gasteiger partial charge < -0.3 is 43.9 Å². The van der Waals surface area contributed by atoms with Crippen molar-refractivity contribution in [2.45, 2.75) is 152 Å². The molecule has 0 aliphatic carbocycles. The van der Waals surface area contributed by atoms with Crippen LogP contribution in [0.25, 0.3) is 0 Å². The molecule has 1 aromatic heterocycles. The highest BCUT2D eigenvalue weighted by Crippen LogP contribution is 2.39. The average molecular weight is 913 g/mol. The number of methoxy groups -OCH3 is 2. The minimum absolute atomic E-state index is 0.00605. The van der Waals surface area contributed by atoms with Gasteiger partial charge in [0.1, 0.15) is 48.3 Å². The van der Waals surface area contributed by atoms with Gasteiger partial charge in [0.25, 0.3) is 0 Å². The molecule has 2 aliphatic rings. The smallest absolute Gasteiger partial charge is 0.316 e. The van der Waals surface area contributed by atoms with Gasteiger partial charge >= 0.3 is 5.97 Å². The van der Waals surface area contributed by atoms with Crippen molar-refractivity contribution in [1.29, 1.82) is 0 Å². The first-order valence-electron chi connectivity index (χ1n) is 21.6. The number of ether oxygens (including phenoxy) is 5. The number of aliphatic hydroxyl groups excluding tert-OH is 2. The molecule has 0 amide bonds. The molecule has 1 aromatic carbocycles. The number of alkyl halides is 1. The Morgan fingerprint density at radius 2 is 1.67 bits per heavy atom. The van der Waals surface area contributed by atoms with Gasteiger partial charge in [0, 0.05) is 63.4 Å². The summed E-state index contributed by atoms with van der Waals surface area (Å²) in [7, 11) is 1.24. The fourth-order valence-corrected chi connectivity index (χ4v) is 9.74. The van der Waals surface area contributed by atoms with Gasteiger partial charge in [-0.15, -0.1) is 5.10 Å². The van der Waals surface area contributed by atoms with E-state index < -0.39 is 118 Å². The molecular weight excluding hydrogens is 844 g/mol. The Kier molecular flexibility index (Phi) is 17.7. The highest BCUT2D eigenvalue weighted by molar-refractivity contribution is 7.90. The second-order valence-corrected chi connectivity index (χ2v) is 20.1. The van der Waals surface area contributed by atoms with E-state index in [4.69, 9.17) is 23.7 Å². The van der Waals surface area contributed by atoms with Crippen LogP contribution >= 0.6 is 0 Å². The van der Waals surface area contributed by atoms with Gasteiger partial charge in [0.15, 0.2) is 21.9 Å². The molecule has 4 rings (SSSR count). The third-order valence-corrected chi connectivity index (χ3v) is 14.4. The van der Waals surface area contributed by atoms with E-state index in [1.165, 1.54) is 51.8 Å². The van der Waals surface area contributed by atoms with Crippen LogP contribution < -0.4 is 0 Å².